The summed E-state index contributed by atoms with van der Waals surface area (Å²) in [6.45, 7) is 4.79. The van der Waals surface area contributed by atoms with Crippen molar-refractivity contribution >= 4 is 35.3 Å². The van der Waals surface area contributed by atoms with Crippen molar-refractivity contribution in [3.8, 4) is 11.8 Å². The first-order valence-corrected chi connectivity index (χ1v) is 8.67. The van der Waals surface area contributed by atoms with Gasteiger partial charge in [0.15, 0.2) is 0 Å². The van der Waals surface area contributed by atoms with Crippen LogP contribution in [-0.2, 0) is 7.05 Å². The lowest BCUT2D eigenvalue weighted by Crippen LogP contribution is -2.02. The van der Waals surface area contributed by atoms with E-state index < -0.39 is 6.67 Å². The number of ether oxygens (including phenoxy) is 1. The van der Waals surface area contributed by atoms with E-state index in [1.807, 2.05) is 42.8 Å². The first-order valence-electron chi connectivity index (χ1n) is 8.67. The van der Waals surface area contributed by atoms with Gasteiger partial charge in [0.05, 0.1) is 5.56 Å². The first-order chi connectivity index (χ1) is 13.6. The van der Waals surface area contributed by atoms with E-state index in [0.29, 0.717) is 22.8 Å². The van der Waals surface area contributed by atoms with E-state index in [0.717, 1.165) is 22.3 Å². The monoisotopic (exact) mass is 377 g/mol. The molecule has 1 N–H and O–H groups in total. The van der Waals surface area contributed by atoms with Crippen molar-refractivity contribution < 1.29 is 9.13 Å². The van der Waals surface area contributed by atoms with Crippen molar-refractivity contribution in [3.63, 3.8) is 0 Å². The summed E-state index contributed by atoms with van der Waals surface area (Å²) < 4.78 is 19.7. The molecule has 0 radical (unpaired) electrons. The molecule has 0 spiro atoms. The maximum absolute atomic E-state index is 12.4. The zero-order valence-electron chi connectivity index (χ0n) is 15.7. The Kier molecular flexibility index (Phi) is 5.70. The molecule has 0 atom stereocenters. The van der Waals surface area contributed by atoms with Crippen molar-refractivity contribution in [2.45, 2.75) is 6.92 Å². The highest BCUT2D eigenvalue weighted by molar-refractivity contribution is 5.86. The third-order valence-corrected chi connectivity index (χ3v) is 4.39. The fourth-order valence-electron chi connectivity index (χ4n) is 3.04. The molecule has 6 nitrogen and oxygen atoms in total. The maximum Gasteiger partial charge on any atom is 0.142 e. The van der Waals surface area contributed by atoms with Crippen LogP contribution < -0.4 is 10.1 Å². The number of nitrogens with zero attached hydrogens (tertiary/aromatic N) is 4. The molecule has 1 aromatic carbocycles. The fraction of sp³-hybridized carbons (Fsp3) is 0.190. The number of benzene rings is 1. The van der Waals surface area contributed by atoms with Gasteiger partial charge in [0.25, 0.3) is 0 Å². The van der Waals surface area contributed by atoms with Gasteiger partial charge in [-0.2, -0.15) is 5.26 Å². The molecule has 0 aliphatic carbocycles. The predicted octanol–water partition coefficient (Wildman–Crippen LogP) is 4.52. The molecule has 0 saturated carbocycles. The van der Waals surface area contributed by atoms with Crippen LogP contribution in [0, 0.1) is 18.3 Å². The van der Waals surface area contributed by atoms with Crippen LogP contribution in [0.1, 0.15) is 16.8 Å². The van der Waals surface area contributed by atoms with E-state index >= 15 is 0 Å². The molecule has 0 saturated heterocycles. The Bertz CT molecular complexity index is 1090. The Morgan fingerprint density at radius 1 is 1.39 bits per heavy atom. The highest BCUT2D eigenvalue weighted by Gasteiger charge is 2.12. The number of aryl methyl sites for hydroxylation is 2. The second-order valence-corrected chi connectivity index (χ2v) is 6.12. The van der Waals surface area contributed by atoms with Crippen LogP contribution in [0.25, 0.3) is 17.1 Å². The molecule has 142 valence electrons. The quantitative estimate of drug-likeness (QED) is 0.615. The molecule has 3 rings (SSSR count). The van der Waals surface area contributed by atoms with Crippen LogP contribution in [0.5, 0.6) is 5.75 Å². The zero-order chi connectivity index (χ0) is 20.1. The van der Waals surface area contributed by atoms with Crippen molar-refractivity contribution in [2.24, 2.45) is 12.0 Å². The van der Waals surface area contributed by atoms with Crippen LogP contribution in [0.2, 0.25) is 0 Å². The summed E-state index contributed by atoms with van der Waals surface area (Å²) in [7, 11) is 1.94. The van der Waals surface area contributed by atoms with E-state index in [1.54, 1.807) is 24.4 Å². The minimum absolute atomic E-state index is 0.0964. The van der Waals surface area contributed by atoms with E-state index in [9.17, 15) is 4.39 Å². The molecular formula is C21H20FN5O. The molecule has 2 aromatic heterocycles. The van der Waals surface area contributed by atoms with Crippen LogP contribution >= 0.6 is 0 Å². The maximum atomic E-state index is 12.4. The predicted molar refractivity (Wildman–Crippen MR) is 110 cm³/mol. The van der Waals surface area contributed by atoms with E-state index in [4.69, 9.17) is 15.0 Å². The van der Waals surface area contributed by atoms with Gasteiger partial charge in [-0.05, 0) is 49.5 Å². The third kappa shape index (κ3) is 3.71. The Morgan fingerprint density at radius 2 is 2.21 bits per heavy atom. The van der Waals surface area contributed by atoms with Gasteiger partial charge in [0.2, 0.25) is 0 Å². The smallest absolute Gasteiger partial charge is 0.142 e. The van der Waals surface area contributed by atoms with Crippen LogP contribution in [0.3, 0.4) is 0 Å². The summed E-state index contributed by atoms with van der Waals surface area (Å²) in [5.41, 5.74) is 3.99. The second kappa shape index (κ2) is 8.35. The summed E-state index contributed by atoms with van der Waals surface area (Å²) in [5, 5.41) is 13.4. The van der Waals surface area contributed by atoms with Gasteiger partial charge in [0, 0.05) is 36.1 Å². The largest absolute Gasteiger partial charge is 0.489 e. The molecule has 28 heavy (non-hydrogen) atoms. The lowest BCUT2D eigenvalue weighted by Gasteiger charge is -2.10. The van der Waals surface area contributed by atoms with Gasteiger partial charge < -0.3 is 14.6 Å². The van der Waals surface area contributed by atoms with Crippen molar-refractivity contribution in [1.29, 1.82) is 5.26 Å². The number of anilines is 2. The molecule has 3 aromatic rings. The first kappa shape index (κ1) is 19.1. The number of pyridine rings is 1. The number of hydrogen-bond donors (Lipinski definition) is 1. The van der Waals surface area contributed by atoms with Crippen molar-refractivity contribution in [3.05, 3.63) is 53.4 Å². The molecular weight excluding hydrogens is 357 g/mol. The number of aromatic nitrogens is 2. The molecule has 0 aliphatic rings. The fourth-order valence-corrected chi connectivity index (χ4v) is 3.04. The van der Waals surface area contributed by atoms with Gasteiger partial charge in [-0.15, -0.1) is 0 Å². The average Bonchev–Trinajstić information content (AvgIpc) is 2.94. The molecule has 0 bridgehead atoms. The van der Waals surface area contributed by atoms with Crippen LogP contribution in [-0.4, -0.2) is 29.6 Å². The van der Waals surface area contributed by atoms with Crippen molar-refractivity contribution in [2.75, 3.05) is 18.6 Å². The molecule has 0 aliphatic heterocycles. The molecule has 0 unspecified atom stereocenters. The minimum Gasteiger partial charge on any atom is -0.489 e. The van der Waals surface area contributed by atoms with Gasteiger partial charge in [-0.1, -0.05) is 0 Å². The highest BCUT2D eigenvalue weighted by Crippen LogP contribution is 2.28. The zero-order valence-corrected chi connectivity index (χ0v) is 15.7. The lowest BCUT2D eigenvalue weighted by molar-refractivity contribution is 0.273. The lowest BCUT2D eigenvalue weighted by atomic mass is 10.2. The third-order valence-electron chi connectivity index (χ3n) is 4.39. The minimum atomic E-state index is -0.619. The van der Waals surface area contributed by atoms with E-state index in [2.05, 4.69) is 17.0 Å². The van der Waals surface area contributed by atoms with Gasteiger partial charge >= 0.3 is 0 Å². The normalized spacial score (nSPS) is 10.9. The Labute approximate surface area is 162 Å². The Morgan fingerprint density at radius 3 is 2.93 bits per heavy atom. The summed E-state index contributed by atoms with van der Waals surface area (Å²) >= 11 is 0. The molecule has 7 heteroatoms. The summed E-state index contributed by atoms with van der Waals surface area (Å²) in [6, 6.07) is 11.0. The number of hydrogen-bond acceptors (Lipinski definition) is 5. The highest BCUT2D eigenvalue weighted by atomic mass is 19.1. The Balaban J connectivity index is 1.95. The number of alkyl halides is 1. The number of nitriles is 1. The SMILES string of the molecule is C=N/C=C\c1c(C)c2ccc(Nc3ccc(C#N)c(OCCF)c3)nc2n1C. The topological polar surface area (TPSA) is 75.2 Å². The summed E-state index contributed by atoms with van der Waals surface area (Å²) in [5.74, 6) is 0.983. The summed E-state index contributed by atoms with van der Waals surface area (Å²) in [6.07, 6.45) is 3.54. The van der Waals surface area contributed by atoms with Crippen LogP contribution in [0.15, 0.2) is 41.5 Å². The molecule has 0 amide bonds. The number of nitrogens with one attached hydrogen (secondary N) is 1. The van der Waals surface area contributed by atoms with Crippen molar-refractivity contribution in [1.82, 2.24) is 9.55 Å². The van der Waals surface area contributed by atoms with Crippen LogP contribution in [0.4, 0.5) is 15.9 Å². The molecule has 0 fully saturated rings. The average molecular weight is 377 g/mol. The van der Waals surface area contributed by atoms with E-state index in [1.165, 1.54) is 0 Å². The number of halogens is 1. The Hall–Kier alpha value is -3.66. The summed E-state index contributed by atoms with van der Waals surface area (Å²) in [4.78, 5) is 8.47. The second-order valence-electron chi connectivity index (χ2n) is 6.12. The number of fused-ring (bicyclic) bond motifs is 1. The van der Waals surface area contributed by atoms with Gasteiger partial charge in [0.1, 0.15) is 36.6 Å². The molecule has 2 heterocycles. The van der Waals surface area contributed by atoms with Gasteiger partial charge in [-0.25, -0.2) is 9.37 Å². The number of aliphatic imine (C=N–C) groups is 1. The van der Waals surface area contributed by atoms with E-state index in [-0.39, 0.29) is 6.61 Å². The van der Waals surface area contributed by atoms with Gasteiger partial charge in [-0.3, -0.25) is 4.99 Å². The standard InChI is InChI=1S/C21H20FN5O/c1-14-17-6-7-20(26-21(17)27(3)18(14)8-10-24-2)25-16-5-4-15(13-23)19(12-16)28-11-9-22/h4-8,10,12H,2,9,11H2,1,3H3,(H,25,26)/b10-8-. The number of rotatable bonds is 7.